The summed E-state index contributed by atoms with van der Waals surface area (Å²) < 4.78 is 6.63. The van der Waals surface area contributed by atoms with E-state index in [9.17, 15) is 4.79 Å². The normalized spacial score (nSPS) is 10.7. The number of carbonyl (C=O) groups excluding carboxylic acids is 1. The fourth-order valence-corrected chi connectivity index (χ4v) is 1.59. The SMILES string of the molecule is COC(=O)CCCCCCC/C=C\I. The summed E-state index contributed by atoms with van der Waals surface area (Å²) in [6, 6.07) is 0. The van der Waals surface area contributed by atoms with Crippen LogP contribution in [0, 0.1) is 0 Å². The minimum absolute atomic E-state index is 0.0853. The van der Waals surface area contributed by atoms with Crippen molar-refractivity contribution in [3.63, 3.8) is 0 Å². The van der Waals surface area contributed by atoms with E-state index in [4.69, 9.17) is 0 Å². The van der Waals surface area contributed by atoms with E-state index in [1.54, 1.807) is 0 Å². The summed E-state index contributed by atoms with van der Waals surface area (Å²) in [5, 5.41) is 0. The first-order valence-electron chi connectivity index (χ1n) is 5.13. The maximum absolute atomic E-state index is 10.8. The van der Waals surface area contributed by atoms with Gasteiger partial charge in [0, 0.05) is 6.42 Å². The summed E-state index contributed by atoms with van der Waals surface area (Å²) in [4.78, 5) is 10.8. The number of rotatable bonds is 8. The smallest absolute Gasteiger partial charge is 0.305 e. The van der Waals surface area contributed by atoms with E-state index in [0.29, 0.717) is 6.42 Å². The van der Waals surface area contributed by atoms with Gasteiger partial charge in [-0.25, -0.2) is 0 Å². The highest BCUT2D eigenvalue weighted by Crippen LogP contribution is 2.08. The van der Waals surface area contributed by atoms with Gasteiger partial charge < -0.3 is 4.74 Å². The summed E-state index contributed by atoms with van der Waals surface area (Å²) in [7, 11) is 1.44. The molecule has 0 N–H and O–H groups in total. The Morgan fingerprint density at radius 2 is 1.86 bits per heavy atom. The van der Waals surface area contributed by atoms with Crippen molar-refractivity contribution in [2.24, 2.45) is 0 Å². The molecule has 0 aromatic heterocycles. The van der Waals surface area contributed by atoms with Crippen molar-refractivity contribution >= 4 is 28.6 Å². The Balaban J connectivity index is 3.02. The minimum atomic E-state index is -0.0853. The number of unbranched alkanes of at least 4 members (excludes halogenated alkanes) is 5. The lowest BCUT2D eigenvalue weighted by Gasteiger charge is -1.99. The third-order valence-corrected chi connectivity index (χ3v) is 2.58. The summed E-state index contributed by atoms with van der Waals surface area (Å²) in [5.41, 5.74) is 0. The van der Waals surface area contributed by atoms with Crippen LogP contribution in [0.15, 0.2) is 10.2 Å². The Morgan fingerprint density at radius 1 is 1.21 bits per heavy atom. The zero-order valence-electron chi connectivity index (χ0n) is 8.80. The third kappa shape index (κ3) is 10.0. The molecule has 0 aromatic carbocycles. The van der Waals surface area contributed by atoms with Crippen molar-refractivity contribution in [1.29, 1.82) is 0 Å². The molecule has 0 heterocycles. The van der Waals surface area contributed by atoms with Crippen molar-refractivity contribution < 1.29 is 9.53 Å². The second-order valence-corrected chi connectivity index (χ2v) is 3.96. The van der Waals surface area contributed by atoms with E-state index < -0.39 is 0 Å². The second-order valence-electron chi connectivity index (χ2n) is 3.24. The summed E-state index contributed by atoms with van der Waals surface area (Å²) >= 11 is 2.24. The zero-order valence-corrected chi connectivity index (χ0v) is 11.0. The van der Waals surface area contributed by atoms with Gasteiger partial charge in [0.25, 0.3) is 0 Å². The molecule has 3 heteroatoms. The van der Waals surface area contributed by atoms with Crippen LogP contribution in [0.25, 0.3) is 0 Å². The average Bonchev–Trinajstić information content (AvgIpc) is 2.21. The van der Waals surface area contributed by atoms with Gasteiger partial charge in [-0.15, -0.1) is 0 Å². The van der Waals surface area contributed by atoms with E-state index in [-0.39, 0.29) is 5.97 Å². The number of carbonyl (C=O) groups is 1. The first-order chi connectivity index (χ1) is 6.81. The zero-order chi connectivity index (χ0) is 10.6. The second kappa shape index (κ2) is 11.0. The number of hydrogen-bond acceptors (Lipinski definition) is 2. The highest BCUT2D eigenvalue weighted by atomic mass is 127. The molecule has 0 saturated heterocycles. The predicted molar refractivity (Wildman–Crippen MR) is 67.5 cm³/mol. The average molecular weight is 310 g/mol. The van der Waals surface area contributed by atoms with Crippen LogP contribution >= 0.6 is 22.6 Å². The van der Waals surface area contributed by atoms with Crippen molar-refractivity contribution in [3.8, 4) is 0 Å². The molecule has 0 aliphatic heterocycles. The Bertz CT molecular complexity index is 167. The third-order valence-electron chi connectivity index (χ3n) is 2.07. The number of allylic oxidation sites excluding steroid dienone is 1. The molecule has 0 unspecified atom stereocenters. The van der Waals surface area contributed by atoms with Gasteiger partial charge in [-0.2, -0.15) is 0 Å². The van der Waals surface area contributed by atoms with Crippen molar-refractivity contribution in [3.05, 3.63) is 10.2 Å². The molecule has 0 spiro atoms. The van der Waals surface area contributed by atoms with Crippen molar-refractivity contribution in [2.45, 2.75) is 44.9 Å². The van der Waals surface area contributed by atoms with Crippen molar-refractivity contribution in [2.75, 3.05) is 7.11 Å². The molecule has 0 amide bonds. The Morgan fingerprint density at radius 3 is 2.50 bits per heavy atom. The first-order valence-corrected chi connectivity index (χ1v) is 6.38. The summed E-state index contributed by atoms with van der Waals surface area (Å²) in [5.74, 6) is -0.0853. The van der Waals surface area contributed by atoms with E-state index in [0.717, 1.165) is 12.8 Å². The van der Waals surface area contributed by atoms with Gasteiger partial charge in [0.05, 0.1) is 7.11 Å². The number of esters is 1. The maximum Gasteiger partial charge on any atom is 0.305 e. The van der Waals surface area contributed by atoms with Gasteiger partial charge in [0.1, 0.15) is 0 Å². The maximum atomic E-state index is 10.8. The number of ether oxygens (including phenoxy) is 1. The number of methoxy groups -OCH3 is 1. The minimum Gasteiger partial charge on any atom is -0.469 e. The fraction of sp³-hybridized carbons (Fsp3) is 0.727. The predicted octanol–water partition coefficient (Wildman–Crippen LogP) is 3.84. The molecule has 0 fully saturated rings. The lowest BCUT2D eigenvalue weighted by molar-refractivity contribution is -0.140. The van der Waals surface area contributed by atoms with Crippen LogP contribution in [0.4, 0.5) is 0 Å². The van der Waals surface area contributed by atoms with Gasteiger partial charge in [-0.1, -0.05) is 47.9 Å². The van der Waals surface area contributed by atoms with Crippen LogP contribution in [-0.2, 0) is 9.53 Å². The summed E-state index contributed by atoms with van der Waals surface area (Å²) in [6.07, 6.45) is 9.81. The highest BCUT2D eigenvalue weighted by Gasteiger charge is 1.98. The molecule has 0 bridgehead atoms. The van der Waals surface area contributed by atoms with E-state index >= 15 is 0 Å². The topological polar surface area (TPSA) is 26.3 Å². The van der Waals surface area contributed by atoms with Crippen LogP contribution in [-0.4, -0.2) is 13.1 Å². The number of halogens is 1. The molecule has 2 nitrogen and oxygen atoms in total. The highest BCUT2D eigenvalue weighted by molar-refractivity contribution is 14.1. The molecule has 0 radical (unpaired) electrons. The summed E-state index contributed by atoms with van der Waals surface area (Å²) in [6.45, 7) is 0. The Labute approximate surface area is 100 Å². The molecule has 0 rings (SSSR count). The fourth-order valence-electron chi connectivity index (χ4n) is 1.23. The molecule has 0 saturated carbocycles. The van der Waals surface area contributed by atoms with E-state index in [1.165, 1.54) is 32.8 Å². The monoisotopic (exact) mass is 310 g/mol. The van der Waals surface area contributed by atoms with Gasteiger partial charge in [0.2, 0.25) is 0 Å². The molecule has 0 aliphatic carbocycles. The standard InChI is InChI=1S/C11H19IO2/c1-14-11(13)9-7-5-3-2-4-6-8-10-12/h8,10H,2-7,9H2,1H3/b10-8-. The molecule has 14 heavy (non-hydrogen) atoms. The molecule has 0 atom stereocenters. The van der Waals surface area contributed by atoms with E-state index in [1.807, 2.05) is 0 Å². The van der Waals surface area contributed by atoms with Gasteiger partial charge in [-0.05, 0) is 23.3 Å². The van der Waals surface area contributed by atoms with Crippen LogP contribution in [0.3, 0.4) is 0 Å². The number of hydrogen-bond donors (Lipinski definition) is 0. The van der Waals surface area contributed by atoms with Gasteiger partial charge >= 0.3 is 5.97 Å². The molecule has 0 aliphatic rings. The molecular weight excluding hydrogens is 291 g/mol. The molecule has 82 valence electrons. The van der Waals surface area contributed by atoms with Crippen LogP contribution in [0.2, 0.25) is 0 Å². The molecular formula is C11H19IO2. The first kappa shape index (κ1) is 13.9. The van der Waals surface area contributed by atoms with Gasteiger partial charge in [-0.3, -0.25) is 4.79 Å². The Kier molecular flexibility index (Phi) is 11.0. The van der Waals surface area contributed by atoms with Crippen LogP contribution in [0.1, 0.15) is 44.9 Å². The lowest BCUT2D eigenvalue weighted by atomic mass is 10.1. The van der Waals surface area contributed by atoms with E-state index in [2.05, 4.69) is 37.5 Å². The van der Waals surface area contributed by atoms with Crippen LogP contribution < -0.4 is 0 Å². The lowest BCUT2D eigenvalue weighted by Crippen LogP contribution is -1.98. The van der Waals surface area contributed by atoms with Crippen LogP contribution in [0.5, 0.6) is 0 Å². The van der Waals surface area contributed by atoms with Gasteiger partial charge in [0.15, 0.2) is 0 Å². The molecule has 0 aromatic rings. The van der Waals surface area contributed by atoms with Crippen molar-refractivity contribution in [1.82, 2.24) is 0 Å². The Hall–Kier alpha value is -0.0600. The quantitative estimate of drug-likeness (QED) is 0.387. The largest absolute Gasteiger partial charge is 0.469 e.